The fourth-order valence-electron chi connectivity index (χ4n) is 12.0. The summed E-state index contributed by atoms with van der Waals surface area (Å²) in [6.07, 6.45) is 21.9. The van der Waals surface area contributed by atoms with Crippen LogP contribution in [-0.4, -0.2) is 0 Å². The fraction of sp³-hybridized carbons (Fsp3) is 0.552. The van der Waals surface area contributed by atoms with Gasteiger partial charge in [-0.05, 0) is 133 Å². The molecule has 0 heterocycles. The highest BCUT2D eigenvalue weighted by atomic mass is 14.4. The molecular formula is C116H198. The van der Waals surface area contributed by atoms with E-state index < -0.39 is 0 Å². The number of benzene rings is 9. The lowest BCUT2D eigenvalue weighted by Crippen LogP contribution is -2.34. The monoisotopic (exact) mass is 1590 g/mol. The highest BCUT2D eigenvalue weighted by molar-refractivity contribution is 5.82. The highest BCUT2D eigenvalue weighted by Gasteiger charge is 2.38. The Balaban J connectivity index is -0.000000154. The molecule has 3 aliphatic rings. The SMILES string of the molecule is CC.CC.CC.CC.CC.CC.CC.CC.CC(C)(C)C.CC(C)(C)C.CC1CCC(CC2CCC(C)CC2)CC1.CCC.CCC.CCC1(C)CC(C)CC(C)(C)C1.Cc1ccc(-c2ccc(C)cc2)cc1.Cc1ccc(C)cc1.Cc1ccccc1.c1ccc2ccccc2c1.c1ccccc1.c1ccccc1.c1ccccc1. The van der Waals surface area contributed by atoms with E-state index in [1.807, 2.05) is 238 Å². The van der Waals surface area contributed by atoms with Crippen LogP contribution in [0, 0.1) is 85.9 Å². The number of hydrogen-bond acceptors (Lipinski definition) is 0. The molecule has 3 saturated carbocycles. The molecule has 3 fully saturated rings. The van der Waals surface area contributed by atoms with Crippen molar-refractivity contribution < 1.29 is 0 Å². The minimum absolute atomic E-state index is 0.500. The Hall–Kier alpha value is -6.76. The quantitative estimate of drug-likeness (QED) is 0.165. The summed E-state index contributed by atoms with van der Waals surface area (Å²) in [4.78, 5) is 0. The van der Waals surface area contributed by atoms with Crippen molar-refractivity contribution in [3.05, 3.63) is 289 Å². The second kappa shape index (κ2) is 90.6. The highest BCUT2D eigenvalue weighted by Crippen LogP contribution is 2.50. The van der Waals surface area contributed by atoms with Crippen LogP contribution in [-0.2, 0) is 0 Å². The minimum Gasteiger partial charge on any atom is -0.0683 e. The first-order chi connectivity index (χ1) is 55.3. The van der Waals surface area contributed by atoms with E-state index in [-0.39, 0.29) is 0 Å². The molecule has 0 bridgehead atoms. The van der Waals surface area contributed by atoms with Gasteiger partial charge in [-0.15, -0.1) is 0 Å². The van der Waals surface area contributed by atoms with Gasteiger partial charge in [0, 0.05) is 0 Å². The molecule has 0 N–H and O–H groups in total. The van der Waals surface area contributed by atoms with Crippen molar-refractivity contribution in [3.8, 4) is 11.1 Å². The molecule has 116 heavy (non-hydrogen) atoms. The first kappa shape index (κ1) is 127. The number of hydrogen-bond donors (Lipinski definition) is 0. The molecule has 0 spiro atoms. The van der Waals surface area contributed by atoms with Gasteiger partial charge in [-0.25, -0.2) is 0 Å². The predicted octanol–water partition coefficient (Wildman–Crippen LogP) is 40.6. The van der Waals surface area contributed by atoms with Crippen molar-refractivity contribution in [2.75, 3.05) is 0 Å². The Kier molecular flexibility index (Phi) is 99.4. The molecule has 2 unspecified atom stereocenters. The molecule has 0 heteroatoms. The second-order valence-corrected chi connectivity index (χ2v) is 33.3. The average molecular weight is 1590 g/mol. The van der Waals surface area contributed by atoms with Crippen LogP contribution in [0.1, 0.15) is 366 Å². The smallest absolute Gasteiger partial charge is 0.0184 e. The first-order valence-electron chi connectivity index (χ1n) is 47.0. The second-order valence-electron chi connectivity index (χ2n) is 33.3. The van der Waals surface area contributed by atoms with Gasteiger partial charge >= 0.3 is 0 Å². The Bertz CT molecular complexity index is 2830. The normalized spacial score (nSPS) is 16.1. The van der Waals surface area contributed by atoms with E-state index in [1.54, 1.807) is 6.42 Å². The molecule has 0 saturated heterocycles. The zero-order valence-corrected chi connectivity index (χ0v) is 84.8. The lowest BCUT2D eigenvalue weighted by atomic mass is 9.60. The Morgan fingerprint density at radius 3 is 0.621 bits per heavy atom. The zero-order chi connectivity index (χ0) is 91.1. The van der Waals surface area contributed by atoms with Crippen molar-refractivity contribution >= 4 is 10.8 Å². The number of fused-ring (bicyclic) bond motifs is 1. The van der Waals surface area contributed by atoms with Crippen molar-refractivity contribution in [2.45, 2.75) is 373 Å². The van der Waals surface area contributed by atoms with E-state index in [9.17, 15) is 0 Å². The van der Waals surface area contributed by atoms with Crippen LogP contribution in [0.4, 0.5) is 0 Å². The minimum atomic E-state index is 0.500. The van der Waals surface area contributed by atoms with Crippen LogP contribution >= 0.6 is 0 Å². The molecule has 0 radical (unpaired) electrons. The number of aryl methyl sites for hydroxylation is 5. The van der Waals surface area contributed by atoms with Crippen LogP contribution in [0.2, 0.25) is 0 Å². The van der Waals surface area contributed by atoms with Crippen molar-refractivity contribution in [2.24, 2.45) is 51.2 Å². The van der Waals surface area contributed by atoms with Gasteiger partial charge in [0.25, 0.3) is 0 Å². The summed E-state index contributed by atoms with van der Waals surface area (Å²) >= 11 is 0. The van der Waals surface area contributed by atoms with E-state index in [4.69, 9.17) is 0 Å². The van der Waals surface area contributed by atoms with E-state index in [2.05, 4.69) is 300 Å². The molecule has 3 aliphatic carbocycles. The lowest BCUT2D eigenvalue weighted by molar-refractivity contribution is 0.0581. The van der Waals surface area contributed by atoms with Crippen molar-refractivity contribution in [1.29, 1.82) is 0 Å². The Morgan fingerprint density at radius 2 is 0.440 bits per heavy atom. The Morgan fingerprint density at radius 1 is 0.259 bits per heavy atom. The maximum absolute atomic E-state index is 2.46. The van der Waals surface area contributed by atoms with Gasteiger partial charge in [0.15, 0.2) is 0 Å². The molecule has 9 aromatic rings. The van der Waals surface area contributed by atoms with E-state index in [0.29, 0.717) is 21.7 Å². The summed E-state index contributed by atoms with van der Waals surface area (Å²) in [5, 5.41) is 2.62. The maximum Gasteiger partial charge on any atom is -0.0184 e. The van der Waals surface area contributed by atoms with Gasteiger partial charge in [0.2, 0.25) is 0 Å². The van der Waals surface area contributed by atoms with Crippen LogP contribution in [0.25, 0.3) is 21.9 Å². The van der Waals surface area contributed by atoms with Crippen LogP contribution < -0.4 is 0 Å². The third kappa shape index (κ3) is 92.7. The van der Waals surface area contributed by atoms with Gasteiger partial charge in [-0.2, -0.15) is 0 Å². The molecule has 0 aromatic heterocycles. The summed E-state index contributed by atoms with van der Waals surface area (Å²) < 4.78 is 0. The third-order valence-corrected chi connectivity index (χ3v) is 16.7. The van der Waals surface area contributed by atoms with Crippen molar-refractivity contribution in [3.63, 3.8) is 0 Å². The van der Waals surface area contributed by atoms with Gasteiger partial charge in [-0.3, -0.25) is 0 Å². The summed E-state index contributed by atoms with van der Waals surface area (Å²) in [5.74, 6) is 5.16. The maximum atomic E-state index is 2.46. The van der Waals surface area contributed by atoms with Gasteiger partial charge in [0.05, 0.1) is 0 Å². The molecule has 2 atom stereocenters. The predicted molar refractivity (Wildman–Crippen MR) is 547 cm³/mol. The van der Waals surface area contributed by atoms with E-state index in [1.165, 1.54) is 140 Å². The van der Waals surface area contributed by atoms with Crippen LogP contribution in [0.3, 0.4) is 0 Å². The molecule has 662 valence electrons. The topological polar surface area (TPSA) is 0 Å². The van der Waals surface area contributed by atoms with Gasteiger partial charge in [0.1, 0.15) is 0 Å². The summed E-state index contributed by atoms with van der Waals surface area (Å²) in [6, 6.07) is 88.7. The molecular weight excluding hydrogens is 1390 g/mol. The first-order valence-corrected chi connectivity index (χ1v) is 47.0. The van der Waals surface area contributed by atoms with Crippen LogP contribution in [0.15, 0.2) is 261 Å². The third-order valence-electron chi connectivity index (χ3n) is 16.7. The molecule has 12 rings (SSSR count). The summed E-state index contributed by atoms with van der Waals surface area (Å²) in [7, 11) is 0. The van der Waals surface area contributed by atoms with E-state index in [0.717, 1.165) is 29.6 Å². The average Bonchev–Trinajstić information content (AvgIpc) is 0.809. The Labute approximate surface area is 730 Å². The largest absolute Gasteiger partial charge is 0.0683 e. The van der Waals surface area contributed by atoms with E-state index >= 15 is 0 Å². The van der Waals surface area contributed by atoms with Gasteiger partial charge < -0.3 is 0 Å². The molecule has 0 amide bonds. The van der Waals surface area contributed by atoms with Gasteiger partial charge in [-0.1, -0.05) is 602 Å². The zero-order valence-electron chi connectivity index (χ0n) is 84.8. The summed E-state index contributed by atoms with van der Waals surface area (Å²) in [5.41, 5.74) is 11.4. The van der Waals surface area contributed by atoms with Crippen LogP contribution in [0.5, 0.6) is 0 Å². The fourth-order valence-corrected chi connectivity index (χ4v) is 12.0. The summed E-state index contributed by atoms with van der Waals surface area (Å²) in [6.45, 7) is 85.4. The molecule has 0 nitrogen and oxygen atoms in total. The lowest BCUT2D eigenvalue weighted by Gasteiger charge is -2.45. The number of rotatable bonds is 4. The standard InChI is InChI=1S/C15H28.C14H14.C12H24.C10H8.C8H10.C7H8.3C6H6.2C5H12.2C3H8.8C2H6/c1-12-3-7-14(8-4-12)11-15-9-5-13(2)6-10-15;1-11-3-7-13(8-4-11)14-9-5-12(2)6-10-14;1-6-12(5)8-10(2)7-11(3,4)9-12;1-2-6-10-8-4-3-7-9(10)5-1;1-7-3-5-8(2)6-4-7;1-7-5-3-2-4-6-7;3*1-2-4-6-5-3-1;2*1-5(2,3)4;2*1-3-2;8*1-2/h12-15H,3-11H2,1-2H3;3-10H,1-2H3;10H,6-9H2,1-5H3;1-8H;3-6H,1-2H3;2-6H,1H3;3*1-6H;2*1-4H3;2*3H2,1-2H3;8*1-2H3. The molecule has 0 aliphatic heterocycles. The molecule has 9 aromatic carbocycles. The van der Waals surface area contributed by atoms with Crippen molar-refractivity contribution in [1.82, 2.24) is 0 Å².